The maximum atomic E-state index is 6.09. The topological polar surface area (TPSA) is 56.9 Å². The van der Waals surface area contributed by atoms with Gasteiger partial charge < -0.3 is 16.0 Å². The van der Waals surface area contributed by atoms with Crippen LogP contribution in [0, 0.1) is 0 Å². The van der Waals surface area contributed by atoms with Gasteiger partial charge in [-0.2, -0.15) is 0 Å². The molecule has 0 aromatic heterocycles. The van der Waals surface area contributed by atoms with Gasteiger partial charge in [0.1, 0.15) is 0 Å². The van der Waals surface area contributed by atoms with Crippen molar-refractivity contribution in [1.82, 2.24) is 15.1 Å². The Morgan fingerprint density at radius 2 is 1.82 bits per heavy atom. The monoisotopic (exact) mass is 309 g/mol. The first-order valence-corrected chi connectivity index (χ1v) is 9.06. The summed E-state index contributed by atoms with van der Waals surface area (Å²) >= 11 is 0. The molecule has 0 aliphatic carbocycles. The van der Waals surface area contributed by atoms with Crippen LogP contribution in [-0.2, 0) is 0 Å². The number of nitrogens with two attached hydrogens (primary N) is 1. The predicted molar refractivity (Wildman–Crippen MR) is 94.3 cm³/mol. The van der Waals surface area contributed by atoms with Gasteiger partial charge in [-0.15, -0.1) is 0 Å². The van der Waals surface area contributed by atoms with Crippen LogP contribution in [0.3, 0.4) is 0 Å². The molecule has 0 aromatic carbocycles. The minimum atomic E-state index is 0.231. The van der Waals surface area contributed by atoms with Crippen molar-refractivity contribution >= 4 is 5.96 Å². The number of aliphatic imine (C=N–C) groups is 1. The number of likely N-dealkylation sites (tertiary alicyclic amines) is 2. The molecule has 0 bridgehead atoms. The quantitative estimate of drug-likeness (QED) is 0.599. The molecular formula is C17H35N5. The highest BCUT2D eigenvalue weighted by Crippen LogP contribution is 2.31. The van der Waals surface area contributed by atoms with Crippen LogP contribution in [-0.4, -0.2) is 67.1 Å². The van der Waals surface area contributed by atoms with E-state index in [0.717, 1.165) is 13.0 Å². The second-order valence-electron chi connectivity index (χ2n) is 7.23. The van der Waals surface area contributed by atoms with E-state index in [9.17, 15) is 0 Å². The number of hydrogen-bond acceptors (Lipinski definition) is 3. The smallest absolute Gasteiger partial charge is 0.188 e. The van der Waals surface area contributed by atoms with Gasteiger partial charge in [-0.05, 0) is 72.3 Å². The van der Waals surface area contributed by atoms with Crippen molar-refractivity contribution in [2.45, 2.75) is 64.0 Å². The van der Waals surface area contributed by atoms with E-state index in [-0.39, 0.29) is 5.54 Å². The van der Waals surface area contributed by atoms with Gasteiger partial charge >= 0.3 is 0 Å². The average molecular weight is 310 g/mol. The molecule has 2 rings (SSSR count). The SMILES string of the molecule is CCC(C)NC(N)=NCC1(N2CCCCC2)CCN(C)CC1. The first-order chi connectivity index (χ1) is 10.6. The Balaban J connectivity index is 2.02. The molecule has 0 radical (unpaired) electrons. The summed E-state index contributed by atoms with van der Waals surface area (Å²) in [4.78, 5) is 9.88. The molecule has 128 valence electrons. The fourth-order valence-electron chi connectivity index (χ4n) is 3.61. The molecule has 5 nitrogen and oxygen atoms in total. The van der Waals surface area contributed by atoms with Crippen molar-refractivity contribution < 1.29 is 0 Å². The Kier molecular flexibility index (Phi) is 6.50. The van der Waals surface area contributed by atoms with Gasteiger partial charge in [0.15, 0.2) is 5.96 Å². The van der Waals surface area contributed by atoms with E-state index < -0.39 is 0 Å². The van der Waals surface area contributed by atoms with E-state index in [1.807, 2.05) is 0 Å². The predicted octanol–water partition coefficient (Wildman–Crippen LogP) is 1.64. The number of rotatable bonds is 5. The van der Waals surface area contributed by atoms with Crippen molar-refractivity contribution in [3.63, 3.8) is 0 Å². The molecule has 2 saturated heterocycles. The molecule has 0 aromatic rings. The Morgan fingerprint density at radius 1 is 1.18 bits per heavy atom. The fourth-order valence-corrected chi connectivity index (χ4v) is 3.61. The lowest BCUT2D eigenvalue weighted by molar-refractivity contribution is 0.0208. The third-order valence-electron chi connectivity index (χ3n) is 5.50. The zero-order valence-electron chi connectivity index (χ0n) is 14.8. The Labute approximate surface area is 136 Å². The summed E-state index contributed by atoms with van der Waals surface area (Å²) in [5.74, 6) is 0.615. The zero-order chi connectivity index (χ0) is 16.0. The third kappa shape index (κ3) is 4.59. The van der Waals surface area contributed by atoms with Crippen LogP contribution in [0.5, 0.6) is 0 Å². The normalized spacial score (nSPS) is 25.9. The van der Waals surface area contributed by atoms with Crippen molar-refractivity contribution in [1.29, 1.82) is 0 Å². The summed E-state index contributed by atoms with van der Waals surface area (Å²) in [6.45, 7) is 9.97. The molecule has 2 fully saturated rings. The summed E-state index contributed by atoms with van der Waals surface area (Å²) in [5.41, 5.74) is 6.32. The molecule has 2 aliphatic heterocycles. The maximum Gasteiger partial charge on any atom is 0.188 e. The largest absolute Gasteiger partial charge is 0.370 e. The summed E-state index contributed by atoms with van der Waals surface area (Å²) in [6.07, 6.45) is 7.54. The summed E-state index contributed by atoms with van der Waals surface area (Å²) in [6, 6.07) is 0.396. The highest BCUT2D eigenvalue weighted by Gasteiger charge is 2.39. The van der Waals surface area contributed by atoms with Crippen molar-refractivity contribution in [3.05, 3.63) is 0 Å². The first kappa shape index (κ1) is 17.5. The number of nitrogens with zero attached hydrogens (tertiary/aromatic N) is 3. The van der Waals surface area contributed by atoms with Gasteiger partial charge in [0.05, 0.1) is 6.54 Å². The zero-order valence-corrected chi connectivity index (χ0v) is 14.8. The minimum absolute atomic E-state index is 0.231. The van der Waals surface area contributed by atoms with E-state index in [4.69, 9.17) is 10.7 Å². The summed E-state index contributed by atoms with van der Waals surface area (Å²) < 4.78 is 0. The number of hydrogen-bond donors (Lipinski definition) is 2. The van der Waals surface area contributed by atoms with Crippen LogP contribution in [0.25, 0.3) is 0 Å². The van der Waals surface area contributed by atoms with Crippen molar-refractivity contribution in [3.8, 4) is 0 Å². The van der Waals surface area contributed by atoms with E-state index in [1.165, 1.54) is 58.3 Å². The molecule has 0 spiro atoms. The van der Waals surface area contributed by atoms with Gasteiger partial charge in [-0.1, -0.05) is 13.3 Å². The molecule has 2 aliphatic rings. The van der Waals surface area contributed by atoms with Gasteiger partial charge in [-0.3, -0.25) is 9.89 Å². The molecule has 0 saturated carbocycles. The minimum Gasteiger partial charge on any atom is -0.370 e. The Bertz CT molecular complexity index is 354. The van der Waals surface area contributed by atoms with Gasteiger partial charge in [0, 0.05) is 11.6 Å². The standard InChI is InChI=1S/C17H35N5/c1-4-15(2)20-16(18)19-14-17(8-12-21(3)13-9-17)22-10-6-5-7-11-22/h15H,4-14H2,1-3H3,(H3,18,19,20). The lowest BCUT2D eigenvalue weighted by atomic mass is 9.84. The molecule has 3 N–H and O–H groups in total. The Morgan fingerprint density at radius 3 is 2.41 bits per heavy atom. The second-order valence-corrected chi connectivity index (χ2v) is 7.23. The molecular weight excluding hydrogens is 274 g/mol. The van der Waals surface area contributed by atoms with E-state index in [1.54, 1.807) is 0 Å². The summed E-state index contributed by atoms with van der Waals surface area (Å²) in [7, 11) is 2.22. The lowest BCUT2D eigenvalue weighted by Crippen LogP contribution is -2.58. The summed E-state index contributed by atoms with van der Waals surface area (Å²) in [5, 5.41) is 3.30. The van der Waals surface area contributed by atoms with Crippen LogP contribution < -0.4 is 11.1 Å². The van der Waals surface area contributed by atoms with Crippen LogP contribution in [0.15, 0.2) is 4.99 Å². The highest BCUT2D eigenvalue weighted by molar-refractivity contribution is 5.78. The average Bonchev–Trinajstić information content (AvgIpc) is 2.55. The van der Waals surface area contributed by atoms with Crippen molar-refractivity contribution in [2.75, 3.05) is 39.8 Å². The third-order valence-corrected chi connectivity index (χ3v) is 5.50. The van der Waals surface area contributed by atoms with Crippen LogP contribution in [0.2, 0.25) is 0 Å². The molecule has 22 heavy (non-hydrogen) atoms. The molecule has 5 heteroatoms. The van der Waals surface area contributed by atoms with Gasteiger partial charge in [0.2, 0.25) is 0 Å². The molecule has 2 heterocycles. The van der Waals surface area contributed by atoms with E-state index in [2.05, 4.69) is 36.0 Å². The number of nitrogens with one attached hydrogen (secondary N) is 1. The first-order valence-electron chi connectivity index (χ1n) is 9.06. The number of piperidine rings is 2. The van der Waals surface area contributed by atoms with Gasteiger partial charge in [-0.25, -0.2) is 0 Å². The molecule has 0 amide bonds. The van der Waals surface area contributed by atoms with E-state index >= 15 is 0 Å². The van der Waals surface area contributed by atoms with Crippen LogP contribution in [0.1, 0.15) is 52.4 Å². The second kappa shape index (κ2) is 8.16. The van der Waals surface area contributed by atoms with E-state index in [0.29, 0.717) is 12.0 Å². The molecule has 1 atom stereocenters. The number of guanidine groups is 1. The van der Waals surface area contributed by atoms with Gasteiger partial charge in [0.25, 0.3) is 0 Å². The molecule has 1 unspecified atom stereocenters. The highest BCUT2D eigenvalue weighted by atomic mass is 15.3. The van der Waals surface area contributed by atoms with Crippen molar-refractivity contribution in [2.24, 2.45) is 10.7 Å². The fraction of sp³-hybridized carbons (Fsp3) is 0.941. The lowest BCUT2D eigenvalue weighted by Gasteiger charge is -2.49. The van der Waals surface area contributed by atoms with Crippen LogP contribution >= 0.6 is 0 Å². The van der Waals surface area contributed by atoms with Crippen LogP contribution in [0.4, 0.5) is 0 Å². The maximum absolute atomic E-state index is 6.09. The Hall–Kier alpha value is -0.810.